The highest BCUT2D eigenvalue weighted by molar-refractivity contribution is 6.27. The first kappa shape index (κ1) is 25.9. The van der Waals surface area contributed by atoms with Gasteiger partial charge in [-0.05, 0) is 56.5 Å². The number of benzene rings is 1. The summed E-state index contributed by atoms with van der Waals surface area (Å²) in [7, 11) is -0.804. The molecule has 0 unspecified atom stereocenters. The van der Waals surface area contributed by atoms with Crippen LogP contribution in [0.15, 0.2) is 18.2 Å². The van der Waals surface area contributed by atoms with Crippen LogP contribution in [0.5, 0.6) is 0 Å². The second-order valence-corrected chi connectivity index (χ2v) is 7.95. The van der Waals surface area contributed by atoms with Gasteiger partial charge >= 0.3 is 12.4 Å². The maximum atomic E-state index is 12.9. The normalized spacial score (nSPS) is 13.1. The minimum Gasteiger partial charge on any atom is -0.379 e. The maximum absolute atomic E-state index is 12.9. The lowest BCUT2D eigenvalue weighted by Gasteiger charge is -2.17. The molecule has 1 aromatic carbocycles. The van der Waals surface area contributed by atoms with E-state index < -0.39 is 39.7 Å². The lowest BCUT2D eigenvalue weighted by molar-refractivity contribution is -0.243. The van der Waals surface area contributed by atoms with Gasteiger partial charge in [-0.15, -0.1) is 0 Å². The Morgan fingerprint density at radius 1 is 0.793 bits per heavy atom. The first-order valence-electron chi connectivity index (χ1n) is 9.71. The van der Waals surface area contributed by atoms with Crippen LogP contribution in [-0.2, 0) is 32.7 Å². The highest BCUT2D eigenvalue weighted by Gasteiger charge is 2.36. The van der Waals surface area contributed by atoms with Crippen LogP contribution < -0.4 is 0 Å². The summed E-state index contributed by atoms with van der Waals surface area (Å²) in [6.07, 6.45) is -6.43. The molecule has 0 aliphatic heterocycles. The summed E-state index contributed by atoms with van der Waals surface area (Å²) in [5, 5.41) is 0. The van der Waals surface area contributed by atoms with Crippen LogP contribution >= 0.6 is 0 Å². The predicted octanol–water partition coefficient (Wildman–Crippen LogP) is 5.70. The summed E-state index contributed by atoms with van der Waals surface area (Å²) in [4.78, 5) is 0. The van der Waals surface area contributed by atoms with Crippen molar-refractivity contribution >= 4 is 9.76 Å². The topological polar surface area (TPSA) is 27.7 Å². The Labute approximate surface area is 169 Å². The van der Waals surface area contributed by atoms with Crippen molar-refractivity contribution in [2.45, 2.75) is 70.8 Å². The van der Waals surface area contributed by atoms with Crippen molar-refractivity contribution in [2.75, 3.05) is 13.2 Å². The van der Waals surface area contributed by atoms with Crippen LogP contribution in [0.25, 0.3) is 0 Å². The fourth-order valence-corrected chi connectivity index (χ4v) is 3.83. The number of hydrogen-bond donors (Lipinski definition) is 0. The van der Waals surface area contributed by atoms with Crippen LogP contribution in [0.3, 0.4) is 0 Å². The molecule has 0 bridgehead atoms. The molecule has 0 N–H and O–H groups in total. The van der Waals surface area contributed by atoms with E-state index in [1.165, 1.54) is 0 Å². The average molecular weight is 447 g/mol. The van der Waals surface area contributed by atoms with Crippen LogP contribution in [-0.4, -0.2) is 29.5 Å². The van der Waals surface area contributed by atoms with Crippen molar-refractivity contribution in [1.29, 1.82) is 0 Å². The van der Waals surface area contributed by atoms with Gasteiger partial charge in [-0.1, -0.05) is 19.3 Å². The fraction of sp³-hybridized carbons (Fsp3) is 0.684. The number of rotatable bonds is 13. The van der Waals surface area contributed by atoms with E-state index in [0.29, 0.717) is 19.6 Å². The van der Waals surface area contributed by atoms with E-state index in [1.54, 1.807) is 0 Å². The predicted molar refractivity (Wildman–Crippen MR) is 100 cm³/mol. The average Bonchev–Trinajstić information content (AvgIpc) is 2.62. The standard InChI is InChI=1S/C19H28F6O3Si/c1-3-26-17(27-4-2)28-29-10-8-6-5-7-9-14-11-15(18(20,21)22)13-16(12-14)19(23,24)25/h11-13,17H,3-10,29H2,1-2H3. The number of alkyl halides is 6. The van der Waals surface area contributed by atoms with Crippen molar-refractivity contribution in [3.63, 3.8) is 0 Å². The molecular weight excluding hydrogens is 418 g/mol. The summed E-state index contributed by atoms with van der Waals surface area (Å²) in [5.74, 6) is 0. The van der Waals surface area contributed by atoms with Crippen molar-refractivity contribution in [3.05, 3.63) is 34.9 Å². The van der Waals surface area contributed by atoms with Crippen molar-refractivity contribution < 1.29 is 40.2 Å². The molecule has 0 aliphatic rings. The molecule has 3 nitrogen and oxygen atoms in total. The highest BCUT2D eigenvalue weighted by atomic mass is 28.2. The van der Waals surface area contributed by atoms with Gasteiger partial charge in [0.15, 0.2) is 9.76 Å². The van der Waals surface area contributed by atoms with E-state index in [2.05, 4.69) is 0 Å². The van der Waals surface area contributed by atoms with Gasteiger partial charge < -0.3 is 13.9 Å². The molecule has 1 aromatic rings. The molecule has 0 radical (unpaired) electrons. The van der Waals surface area contributed by atoms with Crippen molar-refractivity contribution in [2.24, 2.45) is 0 Å². The molecule has 0 amide bonds. The monoisotopic (exact) mass is 446 g/mol. The third kappa shape index (κ3) is 10.5. The Morgan fingerprint density at radius 3 is 1.79 bits per heavy atom. The Kier molecular flexibility index (Phi) is 11.2. The van der Waals surface area contributed by atoms with Gasteiger partial charge in [-0.3, -0.25) is 0 Å². The third-order valence-corrected chi connectivity index (χ3v) is 5.41. The first-order chi connectivity index (χ1) is 13.6. The van der Waals surface area contributed by atoms with Gasteiger partial charge in [0.1, 0.15) is 0 Å². The number of hydrogen-bond acceptors (Lipinski definition) is 3. The summed E-state index contributed by atoms with van der Waals surface area (Å²) >= 11 is 0. The van der Waals surface area contributed by atoms with Gasteiger partial charge in [0, 0.05) is 13.2 Å². The highest BCUT2D eigenvalue weighted by Crippen LogP contribution is 2.36. The van der Waals surface area contributed by atoms with Gasteiger partial charge in [-0.25, -0.2) is 0 Å². The Morgan fingerprint density at radius 2 is 1.31 bits per heavy atom. The first-order valence-corrected chi connectivity index (χ1v) is 11.3. The maximum Gasteiger partial charge on any atom is 0.416 e. The van der Waals surface area contributed by atoms with E-state index in [0.717, 1.165) is 37.4 Å². The SMILES string of the molecule is CCOC(OCC)O[SiH2]CCCCCCc1cc(C(F)(F)F)cc(C(F)(F)F)c1. The van der Waals surface area contributed by atoms with E-state index in [9.17, 15) is 26.3 Å². The number of halogens is 6. The lowest BCUT2D eigenvalue weighted by Crippen LogP contribution is -2.22. The van der Waals surface area contributed by atoms with Crippen LogP contribution in [0, 0.1) is 0 Å². The molecule has 0 spiro atoms. The smallest absolute Gasteiger partial charge is 0.379 e. The third-order valence-electron chi connectivity index (χ3n) is 4.12. The minimum atomic E-state index is -4.80. The van der Waals surface area contributed by atoms with Crippen molar-refractivity contribution in [3.8, 4) is 0 Å². The Bertz CT molecular complexity index is 554. The summed E-state index contributed by atoms with van der Waals surface area (Å²) in [6.45, 7) is 4.05. The zero-order valence-corrected chi connectivity index (χ0v) is 18.1. The fourth-order valence-electron chi connectivity index (χ4n) is 2.72. The number of aryl methyl sites for hydroxylation is 1. The summed E-state index contributed by atoms with van der Waals surface area (Å²) < 4.78 is 93.3. The molecule has 10 heteroatoms. The molecule has 0 saturated carbocycles. The molecule has 0 atom stereocenters. The van der Waals surface area contributed by atoms with Gasteiger partial charge in [0.2, 0.25) is 0 Å². The second kappa shape index (κ2) is 12.6. The summed E-state index contributed by atoms with van der Waals surface area (Å²) in [6, 6.07) is 2.67. The number of ether oxygens (including phenoxy) is 2. The Balaban J connectivity index is 2.39. The summed E-state index contributed by atoms with van der Waals surface area (Å²) in [5.41, 5.74) is -2.46. The molecule has 0 heterocycles. The molecular formula is C19H28F6O3Si. The van der Waals surface area contributed by atoms with E-state index in [1.807, 2.05) is 13.8 Å². The van der Waals surface area contributed by atoms with Gasteiger partial charge in [0.25, 0.3) is 6.48 Å². The largest absolute Gasteiger partial charge is 0.416 e. The van der Waals surface area contributed by atoms with Crippen molar-refractivity contribution in [1.82, 2.24) is 0 Å². The second-order valence-electron chi connectivity index (χ2n) is 6.50. The molecule has 0 aliphatic carbocycles. The van der Waals surface area contributed by atoms with E-state index in [-0.39, 0.29) is 18.1 Å². The van der Waals surface area contributed by atoms with E-state index in [4.69, 9.17) is 13.9 Å². The zero-order chi connectivity index (χ0) is 21.9. The van der Waals surface area contributed by atoms with Crippen LogP contribution in [0.2, 0.25) is 6.04 Å². The van der Waals surface area contributed by atoms with Gasteiger partial charge in [-0.2, -0.15) is 26.3 Å². The quantitative estimate of drug-likeness (QED) is 0.168. The lowest BCUT2D eigenvalue weighted by atomic mass is 10.00. The Hall–Kier alpha value is -1.10. The van der Waals surface area contributed by atoms with Crippen LogP contribution in [0.1, 0.15) is 56.2 Å². The molecule has 29 heavy (non-hydrogen) atoms. The molecule has 168 valence electrons. The zero-order valence-electron chi connectivity index (χ0n) is 16.7. The van der Waals surface area contributed by atoms with Gasteiger partial charge in [0.05, 0.1) is 11.1 Å². The molecule has 1 rings (SSSR count). The van der Waals surface area contributed by atoms with E-state index >= 15 is 0 Å². The van der Waals surface area contributed by atoms with Crippen LogP contribution in [0.4, 0.5) is 26.3 Å². The molecule has 0 aromatic heterocycles. The number of unbranched alkanes of at least 4 members (excludes halogenated alkanes) is 3. The minimum absolute atomic E-state index is 0.0566. The molecule has 0 fully saturated rings. The molecule has 0 saturated heterocycles.